The minimum atomic E-state index is 0.792. The van der Waals surface area contributed by atoms with E-state index in [4.69, 9.17) is 4.74 Å². The van der Waals surface area contributed by atoms with Crippen molar-refractivity contribution in [2.75, 3.05) is 27.7 Å². The van der Waals surface area contributed by atoms with Gasteiger partial charge in [0.05, 0.1) is 22.2 Å². The standard InChI is InChI=1S/C15H19NOS.C3H9N.C2H6/c1-4-5-9-17-14-8-6-7-13(10-14)15-11(2)16-12(3)18-15;1-4(2)3;1-2/h6-8,10H,4-5,9H2,1-3H3;1-3H3;1-2H3. The molecule has 0 atom stereocenters. The lowest BCUT2D eigenvalue weighted by Gasteiger charge is -2.06. The van der Waals surface area contributed by atoms with E-state index in [-0.39, 0.29) is 0 Å². The van der Waals surface area contributed by atoms with E-state index in [1.165, 1.54) is 10.4 Å². The molecule has 0 radical (unpaired) electrons. The van der Waals surface area contributed by atoms with Crippen molar-refractivity contribution in [3.8, 4) is 16.2 Å². The molecule has 0 saturated heterocycles. The summed E-state index contributed by atoms with van der Waals surface area (Å²) in [6.45, 7) is 11.1. The summed E-state index contributed by atoms with van der Waals surface area (Å²) in [7, 11) is 6.00. The van der Waals surface area contributed by atoms with Crippen LogP contribution in [0.4, 0.5) is 0 Å². The summed E-state index contributed by atoms with van der Waals surface area (Å²) in [5, 5.41) is 1.11. The van der Waals surface area contributed by atoms with Gasteiger partial charge in [-0.05, 0) is 59.1 Å². The van der Waals surface area contributed by atoms with Crippen LogP contribution in [0.2, 0.25) is 0 Å². The first-order chi connectivity index (χ1) is 11.4. The van der Waals surface area contributed by atoms with Crippen molar-refractivity contribution in [3.05, 3.63) is 35.0 Å². The second kappa shape index (κ2) is 13.0. The minimum absolute atomic E-state index is 0.792. The van der Waals surface area contributed by atoms with Gasteiger partial charge in [-0.2, -0.15) is 0 Å². The first kappa shape index (κ1) is 22.6. The van der Waals surface area contributed by atoms with Crippen LogP contribution in [0.1, 0.15) is 44.3 Å². The molecule has 24 heavy (non-hydrogen) atoms. The average molecular weight is 351 g/mol. The highest BCUT2D eigenvalue weighted by atomic mass is 32.1. The molecule has 0 aliphatic heterocycles. The quantitative estimate of drug-likeness (QED) is 0.636. The van der Waals surface area contributed by atoms with Crippen molar-refractivity contribution >= 4 is 11.3 Å². The molecular formula is C20H34N2OS. The fourth-order valence-corrected chi connectivity index (χ4v) is 2.78. The van der Waals surface area contributed by atoms with Crippen molar-refractivity contribution in [1.29, 1.82) is 0 Å². The van der Waals surface area contributed by atoms with Gasteiger partial charge in [0, 0.05) is 0 Å². The van der Waals surface area contributed by atoms with Gasteiger partial charge in [0.2, 0.25) is 0 Å². The Hall–Kier alpha value is -1.39. The third-order valence-electron chi connectivity index (χ3n) is 2.77. The lowest BCUT2D eigenvalue weighted by molar-refractivity contribution is 0.309. The van der Waals surface area contributed by atoms with Gasteiger partial charge in [0.1, 0.15) is 5.75 Å². The molecule has 0 spiro atoms. The van der Waals surface area contributed by atoms with E-state index in [0.717, 1.165) is 35.9 Å². The Labute approximate surface area is 152 Å². The Morgan fingerprint density at radius 2 is 1.75 bits per heavy atom. The molecule has 0 amide bonds. The molecule has 2 rings (SSSR count). The summed E-state index contributed by atoms with van der Waals surface area (Å²) >= 11 is 1.74. The number of thiazole rings is 1. The Kier molecular flexibility index (Phi) is 12.2. The highest BCUT2D eigenvalue weighted by Crippen LogP contribution is 2.31. The fraction of sp³-hybridized carbons (Fsp3) is 0.550. The highest BCUT2D eigenvalue weighted by Gasteiger charge is 2.08. The largest absolute Gasteiger partial charge is 0.494 e. The zero-order valence-electron chi connectivity index (χ0n) is 16.6. The van der Waals surface area contributed by atoms with Crippen molar-refractivity contribution in [2.24, 2.45) is 0 Å². The molecule has 0 aliphatic carbocycles. The minimum Gasteiger partial charge on any atom is -0.494 e. The Morgan fingerprint density at radius 3 is 2.25 bits per heavy atom. The Balaban J connectivity index is 0.000000773. The molecule has 3 nitrogen and oxygen atoms in total. The molecule has 0 N–H and O–H groups in total. The van der Waals surface area contributed by atoms with Gasteiger partial charge in [0.25, 0.3) is 0 Å². The van der Waals surface area contributed by atoms with Crippen molar-refractivity contribution in [3.63, 3.8) is 0 Å². The number of hydrogen-bond donors (Lipinski definition) is 0. The Morgan fingerprint density at radius 1 is 1.12 bits per heavy atom. The normalized spacial score (nSPS) is 9.71. The number of hydrogen-bond acceptors (Lipinski definition) is 4. The number of rotatable bonds is 5. The van der Waals surface area contributed by atoms with Crippen LogP contribution in [0, 0.1) is 13.8 Å². The Bertz CT molecular complexity index is 562. The maximum atomic E-state index is 5.74. The van der Waals surface area contributed by atoms with Crippen LogP contribution < -0.4 is 4.74 Å². The van der Waals surface area contributed by atoms with Crippen molar-refractivity contribution in [1.82, 2.24) is 9.88 Å². The van der Waals surface area contributed by atoms with Crippen molar-refractivity contribution < 1.29 is 4.74 Å². The predicted molar refractivity (Wildman–Crippen MR) is 108 cm³/mol. The van der Waals surface area contributed by atoms with Crippen LogP contribution in [0.5, 0.6) is 5.75 Å². The van der Waals surface area contributed by atoms with E-state index < -0.39 is 0 Å². The molecule has 136 valence electrons. The number of nitrogens with zero attached hydrogens (tertiary/aromatic N) is 2. The van der Waals surface area contributed by atoms with Gasteiger partial charge in [-0.3, -0.25) is 0 Å². The topological polar surface area (TPSA) is 25.4 Å². The maximum Gasteiger partial charge on any atom is 0.119 e. The summed E-state index contributed by atoms with van der Waals surface area (Å²) < 4.78 is 5.74. The van der Waals surface area contributed by atoms with E-state index in [1.54, 1.807) is 11.3 Å². The van der Waals surface area contributed by atoms with Gasteiger partial charge in [-0.1, -0.05) is 39.3 Å². The summed E-state index contributed by atoms with van der Waals surface area (Å²) in [5.41, 5.74) is 2.30. The van der Waals surface area contributed by atoms with Crippen LogP contribution in [0.25, 0.3) is 10.4 Å². The van der Waals surface area contributed by atoms with Crippen LogP contribution in [-0.4, -0.2) is 37.6 Å². The number of aryl methyl sites for hydroxylation is 2. The van der Waals surface area contributed by atoms with E-state index in [0.29, 0.717) is 0 Å². The van der Waals surface area contributed by atoms with Gasteiger partial charge in [-0.15, -0.1) is 11.3 Å². The van der Waals surface area contributed by atoms with Crippen LogP contribution in [-0.2, 0) is 0 Å². The number of unbranched alkanes of at least 4 members (excludes halogenated alkanes) is 1. The lowest BCUT2D eigenvalue weighted by Crippen LogP contribution is -1.99. The molecule has 0 unspecified atom stereocenters. The van der Waals surface area contributed by atoms with Gasteiger partial charge < -0.3 is 9.64 Å². The summed E-state index contributed by atoms with van der Waals surface area (Å²) in [6, 6.07) is 8.29. The van der Waals surface area contributed by atoms with E-state index >= 15 is 0 Å². The van der Waals surface area contributed by atoms with Crippen LogP contribution in [0.3, 0.4) is 0 Å². The smallest absolute Gasteiger partial charge is 0.119 e. The molecule has 2 aromatic rings. The third kappa shape index (κ3) is 9.04. The lowest BCUT2D eigenvalue weighted by atomic mass is 10.1. The maximum absolute atomic E-state index is 5.74. The second-order valence-corrected chi connectivity index (χ2v) is 6.92. The zero-order valence-corrected chi connectivity index (χ0v) is 17.5. The van der Waals surface area contributed by atoms with Gasteiger partial charge >= 0.3 is 0 Å². The van der Waals surface area contributed by atoms with E-state index in [1.807, 2.05) is 58.9 Å². The summed E-state index contributed by atoms with van der Waals surface area (Å²) in [6.07, 6.45) is 2.26. The van der Waals surface area contributed by atoms with E-state index in [9.17, 15) is 0 Å². The summed E-state index contributed by atoms with van der Waals surface area (Å²) in [4.78, 5) is 7.71. The second-order valence-electron chi connectivity index (χ2n) is 5.72. The highest BCUT2D eigenvalue weighted by molar-refractivity contribution is 7.15. The van der Waals surface area contributed by atoms with E-state index in [2.05, 4.69) is 31.0 Å². The number of benzene rings is 1. The SMILES string of the molecule is CC.CCCCOc1cccc(-c2sc(C)nc2C)c1.CN(C)C. The first-order valence-corrected chi connectivity index (χ1v) is 9.53. The third-order valence-corrected chi connectivity index (χ3v) is 3.89. The molecule has 1 aromatic carbocycles. The molecular weight excluding hydrogens is 316 g/mol. The summed E-state index contributed by atoms with van der Waals surface area (Å²) in [5.74, 6) is 0.950. The predicted octanol–water partition coefficient (Wildman–Crippen LogP) is 5.81. The molecule has 1 heterocycles. The van der Waals surface area contributed by atoms with Gasteiger partial charge in [0.15, 0.2) is 0 Å². The van der Waals surface area contributed by atoms with Crippen molar-refractivity contribution in [2.45, 2.75) is 47.5 Å². The van der Waals surface area contributed by atoms with Crippen LogP contribution >= 0.6 is 11.3 Å². The first-order valence-electron chi connectivity index (χ1n) is 8.72. The molecule has 4 heteroatoms. The monoisotopic (exact) mass is 350 g/mol. The molecule has 0 saturated carbocycles. The zero-order chi connectivity index (χ0) is 18.5. The average Bonchev–Trinajstić information content (AvgIpc) is 2.88. The number of ether oxygens (including phenoxy) is 1. The molecule has 0 fully saturated rings. The van der Waals surface area contributed by atoms with Crippen LogP contribution in [0.15, 0.2) is 24.3 Å². The molecule has 0 bridgehead atoms. The van der Waals surface area contributed by atoms with Gasteiger partial charge in [-0.25, -0.2) is 4.98 Å². The number of aromatic nitrogens is 1. The molecule has 1 aromatic heterocycles. The fourth-order valence-electron chi connectivity index (χ4n) is 1.86. The molecule has 0 aliphatic rings.